The molecule has 0 spiro atoms. The van der Waals surface area contributed by atoms with Crippen LogP contribution in [0.1, 0.15) is 83.8 Å². The first kappa shape index (κ1) is 36.7. The van der Waals surface area contributed by atoms with Crippen LogP contribution >= 0.6 is 11.6 Å². The molecular weight excluding hydrogens is 574 g/mol. The maximum absolute atomic E-state index is 14.9. The van der Waals surface area contributed by atoms with Crippen LogP contribution in [-0.4, -0.2) is 83.1 Å². The Labute approximate surface area is 261 Å². The molecule has 3 rings (SSSR count). The standard InChI is InChI=1S/C25H42F2N4O3.C8H9Cl/c1-5-11-30(12-7-18(2)3)21(32)16-29-20-6-8-24(4,27)15-19(20)22(28)23(33)31-13-9-25(34,17-26)10-14-31;1-6-4-3-5-8(9)7(6)2/h18,34H,5-17,28H2,1-4H3;3-5H,1-2H3/b22-19-,29-20?;. The van der Waals surface area contributed by atoms with E-state index >= 15 is 0 Å². The van der Waals surface area contributed by atoms with Crippen molar-refractivity contribution in [1.82, 2.24) is 9.80 Å². The van der Waals surface area contributed by atoms with Gasteiger partial charge in [0.15, 0.2) is 0 Å². The lowest BCUT2D eigenvalue weighted by atomic mass is 9.81. The average molecular weight is 625 g/mol. The molecule has 2 fully saturated rings. The number of hydrogen-bond acceptors (Lipinski definition) is 5. The van der Waals surface area contributed by atoms with Crippen molar-refractivity contribution in [3.05, 3.63) is 45.6 Å². The second kappa shape index (κ2) is 16.5. The van der Waals surface area contributed by atoms with E-state index in [1.54, 1.807) is 0 Å². The Hall–Kier alpha value is -2.52. The molecule has 1 saturated carbocycles. The molecule has 1 aromatic rings. The van der Waals surface area contributed by atoms with Gasteiger partial charge in [0.2, 0.25) is 5.91 Å². The molecule has 0 aromatic heterocycles. The molecule has 1 aliphatic carbocycles. The number of piperidine rings is 1. The number of aliphatic hydroxyl groups is 1. The van der Waals surface area contributed by atoms with Gasteiger partial charge in [-0.25, -0.2) is 8.78 Å². The van der Waals surface area contributed by atoms with Gasteiger partial charge < -0.3 is 20.6 Å². The number of rotatable bonds is 9. The van der Waals surface area contributed by atoms with Crippen molar-refractivity contribution in [2.75, 3.05) is 39.4 Å². The Morgan fingerprint density at radius 1 is 1.19 bits per heavy atom. The van der Waals surface area contributed by atoms with E-state index in [0.29, 0.717) is 36.7 Å². The monoisotopic (exact) mass is 624 g/mol. The van der Waals surface area contributed by atoms with Crippen LogP contribution in [0.25, 0.3) is 0 Å². The maximum Gasteiger partial charge on any atom is 0.270 e. The number of benzene rings is 1. The summed E-state index contributed by atoms with van der Waals surface area (Å²) in [5.74, 6) is -0.0679. The van der Waals surface area contributed by atoms with Crippen molar-refractivity contribution in [1.29, 1.82) is 0 Å². The summed E-state index contributed by atoms with van der Waals surface area (Å²) in [4.78, 5) is 33.7. The van der Waals surface area contributed by atoms with Crippen molar-refractivity contribution < 1.29 is 23.5 Å². The van der Waals surface area contributed by atoms with E-state index < -0.39 is 23.9 Å². The zero-order valence-electron chi connectivity index (χ0n) is 26.8. The number of nitrogens with zero attached hydrogens (tertiary/aromatic N) is 3. The first-order chi connectivity index (χ1) is 20.1. The van der Waals surface area contributed by atoms with Crippen LogP contribution in [0.5, 0.6) is 0 Å². The minimum absolute atomic E-state index is 0.0497. The van der Waals surface area contributed by atoms with Crippen LogP contribution in [0, 0.1) is 19.8 Å². The molecule has 1 aliphatic heterocycles. The highest BCUT2D eigenvalue weighted by molar-refractivity contribution is 6.31. The number of alkyl halides is 2. The fourth-order valence-corrected chi connectivity index (χ4v) is 5.32. The van der Waals surface area contributed by atoms with E-state index in [-0.39, 0.29) is 56.9 Å². The Kier molecular flexibility index (Phi) is 14.1. The van der Waals surface area contributed by atoms with Crippen molar-refractivity contribution in [3.8, 4) is 0 Å². The maximum atomic E-state index is 14.9. The Bertz CT molecular complexity index is 1140. The molecule has 0 bridgehead atoms. The molecule has 43 heavy (non-hydrogen) atoms. The number of aliphatic imine (C=N–C) groups is 1. The first-order valence-corrected chi connectivity index (χ1v) is 15.8. The van der Waals surface area contributed by atoms with Crippen molar-refractivity contribution in [3.63, 3.8) is 0 Å². The summed E-state index contributed by atoms with van der Waals surface area (Å²) in [6.45, 7) is 12.6. The summed E-state index contributed by atoms with van der Waals surface area (Å²) in [5.41, 5.74) is 6.52. The average Bonchev–Trinajstić information content (AvgIpc) is 2.96. The minimum Gasteiger partial charge on any atom is -0.394 e. The van der Waals surface area contributed by atoms with Gasteiger partial charge in [-0.05, 0) is 82.4 Å². The van der Waals surface area contributed by atoms with Crippen molar-refractivity contribution in [2.24, 2.45) is 16.6 Å². The number of nitrogens with two attached hydrogens (primary N) is 1. The molecular formula is C33H51ClF2N4O3. The Morgan fingerprint density at radius 2 is 1.84 bits per heavy atom. The van der Waals surface area contributed by atoms with E-state index in [1.807, 2.05) is 30.9 Å². The largest absolute Gasteiger partial charge is 0.394 e. The zero-order chi connectivity index (χ0) is 32.4. The molecule has 10 heteroatoms. The number of carbonyl (C=O) groups is 2. The second-order valence-corrected chi connectivity index (χ2v) is 13.0. The SMILES string of the molecule is CCCN(CCC(C)C)C(=O)CN=C1CCC(C)(F)C/C1=C(/N)C(=O)N1CCC(O)(CF)CC1.Cc1cccc(Cl)c1C. The number of halogens is 3. The second-order valence-electron chi connectivity index (χ2n) is 12.6. The summed E-state index contributed by atoms with van der Waals surface area (Å²) in [5, 5.41) is 10.9. The van der Waals surface area contributed by atoms with Gasteiger partial charge in [0.1, 0.15) is 24.6 Å². The topological polar surface area (TPSA) is 99.2 Å². The predicted octanol–water partition coefficient (Wildman–Crippen LogP) is 6.12. The Morgan fingerprint density at radius 3 is 2.37 bits per heavy atom. The summed E-state index contributed by atoms with van der Waals surface area (Å²) < 4.78 is 27.9. The van der Waals surface area contributed by atoms with Crippen LogP contribution in [0.4, 0.5) is 8.78 Å². The van der Waals surface area contributed by atoms with Crippen LogP contribution in [0.3, 0.4) is 0 Å². The van der Waals surface area contributed by atoms with Gasteiger partial charge in [0.25, 0.3) is 5.91 Å². The lowest BCUT2D eigenvalue weighted by Crippen LogP contribution is -2.49. The highest BCUT2D eigenvalue weighted by Gasteiger charge is 2.38. The lowest BCUT2D eigenvalue weighted by molar-refractivity contribution is -0.132. The quantitative estimate of drug-likeness (QED) is 0.324. The van der Waals surface area contributed by atoms with Gasteiger partial charge >= 0.3 is 0 Å². The third kappa shape index (κ3) is 11.2. The molecule has 7 nitrogen and oxygen atoms in total. The third-order valence-corrected chi connectivity index (χ3v) is 8.74. The molecule has 2 aliphatic rings. The summed E-state index contributed by atoms with van der Waals surface area (Å²) in [6.07, 6.45) is 2.49. The zero-order valence-corrected chi connectivity index (χ0v) is 27.6. The van der Waals surface area contributed by atoms with E-state index in [0.717, 1.165) is 17.9 Å². The normalized spacial score (nSPS) is 22.2. The van der Waals surface area contributed by atoms with Gasteiger partial charge in [0.05, 0.1) is 5.60 Å². The molecule has 242 valence electrons. The van der Waals surface area contributed by atoms with Crippen LogP contribution in [-0.2, 0) is 9.59 Å². The fraction of sp³-hybridized carbons (Fsp3) is 0.667. The number of aryl methyl sites for hydroxylation is 1. The molecule has 1 atom stereocenters. The summed E-state index contributed by atoms with van der Waals surface area (Å²) in [6, 6.07) is 5.93. The molecule has 1 saturated heterocycles. The number of allylic oxidation sites excluding steroid dienone is 1. The van der Waals surface area contributed by atoms with E-state index in [2.05, 4.69) is 31.8 Å². The predicted molar refractivity (Wildman–Crippen MR) is 171 cm³/mol. The molecule has 1 aromatic carbocycles. The Balaban J connectivity index is 0.000000609. The summed E-state index contributed by atoms with van der Waals surface area (Å²) in [7, 11) is 0. The molecule has 3 N–H and O–H groups in total. The highest BCUT2D eigenvalue weighted by Crippen LogP contribution is 2.35. The minimum atomic E-state index is -1.52. The highest BCUT2D eigenvalue weighted by atomic mass is 35.5. The van der Waals surface area contributed by atoms with Gasteiger partial charge in [-0.1, -0.05) is 44.5 Å². The number of likely N-dealkylation sites (tertiary alicyclic amines) is 1. The number of carbonyl (C=O) groups excluding carboxylic acids is 2. The van der Waals surface area contributed by atoms with E-state index in [9.17, 15) is 23.5 Å². The number of amides is 2. The molecule has 1 unspecified atom stereocenters. The fourth-order valence-electron chi connectivity index (χ4n) is 5.10. The van der Waals surface area contributed by atoms with Crippen LogP contribution < -0.4 is 5.73 Å². The first-order valence-electron chi connectivity index (χ1n) is 15.4. The molecule has 1 heterocycles. The van der Waals surface area contributed by atoms with Gasteiger partial charge in [-0.15, -0.1) is 0 Å². The van der Waals surface area contributed by atoms with E-state index in [1.165, 1.54) is 23.0 Å². The van der Waals surface area contributed by atoms with Gasteiger partial charge in [0, 0.05) is 48.9 Å². The van der Waals surface area contributed by atoms with Crippen molar-refractivity contribution >= 4 is 29.1 Å². The van der Waals surface area contributed by atoms with E-state index in [4.69, 9.17) is 17.3 Å². The van der Waals surface area contributed by atoms with Gasteiger partial charge in [-0.3, -0.25) is 14.6 Å². The van der Waals surface area contributed by atoms with Crippen molar-refractivity contribution in [2.45, 2.75) is 97.8 Å². The van der Waals surface area contributed by atoms with Crippen LogP contribution in [0.15, 0.2) is 34.5 Å². The van der Waals surface area contributed by atoms with Gasteiger partial charge in [-0.2, -0.15) is 0 Å². The smallest absolute Gasteiger partial charge is 0.270 e. The number of hydrogen-bond donors (Lipinski definition) is 2. The van der Waals surface area contributed by atoms with Crippen LogP contribution in [0.2, 0.25) is 5.02 Å². The summed E-state index contributed by atoms with van der Waals surface area (Å²) >= 11 is 5.81. The lowest BCUT2D eigenvalue weighted by Gasteiger charge is -2.37. The molecule has 2 amide bonds. The molecule has 0 radical (unpaired) electrons. The third-order valence-electron chi connectivity index (χ3n) is 8.33.